The van der Waals surface area contributed by atoms with Gasteiger partial charge < -0.3 is 5.11 Å². The molecular formula is C18H16O2. The lowest BCUT2D eigenvalue weighted by Crippen LogP contribution is -1.85. The fourth-order valence-electron chi connectivity index (χ4n) is 1.81. The van der Waals surface area contributed by atoms with Crippen molar-refractivity contribution in [1.29, 1.82) is 0 Å². The molecule has 0 heterocycles. The number of phenols is 1. The summed E-state index contributed by atoms with van der Waals surface area (Å²) in [6.45, 7) is 2.01. The number of benzene rings is 2. The number of rotatable bonds is 4. The van der Waals surface area contributed by atoms with Gasteiger partial charge >= 0.3 is 0 Å². The van der Waals surface area contributed by atoms with Crippen LogP contribution in [0.3, 0.4) is 0 Å². The van der Waals surface area contributed by atoms with Crippen LogP contribution in [-0.2, 0) is 4.79 Å². The van der Waals surface area contributed by atoms with Crippen molar-refractivity contribution in [3.8, 4) is 5.75 Å². The summed E-state index contributed by atoms with van der Waals surface area (Å²) in [5.74, 6) is 0.102. The number of allylic oxidation sites excluding steroid dienone is 2. The molecule has 2 nitrogen and oxygen atoms in total. The second kappa shape index (κ2) is 6.53. The Labute approximate surface area is 118 Å². The minimum Gasteiger partial charge on any atom is -0.508 e. The molecule has 0 aliphatic carbocycles. The van der Waals surface area contributed by atoms with Crippen molar-refractivity contribution in [2.24, 2.45) is 0 Å². The van der Waals surface area contributed by atoms with Crippen molar-refractivity contribution in [2.75, 3.05) is 0 Å². The van der Waals surface area contributed by atoms with Gasteiger partial charge in [-0.2, -0.15) is 0 Å². The molecular weight excluding hydrogens is 248 g/mol. The largest absolute Gasteiger partial charge is 0.508 e. The van der Waals surface area contributed by atoms with E-state index in [9.17, 15) is 9.90 Å². The molecule has 0 radical (unpaired) electrons. The Morgan fingerprint density at radius 1 is 0.950 bits per heavy atom. The van der Waals surface area contributed by atoms with Crippen LogP contribution in [0, 0.1) is 6.92 Å². The molecule has 0 aliphatic rings. The van der Waals surface area contributed by atoms with E-state index in [1.54, 1.807) is 30.4 Å². The summed E-state index contributed by atoms with van der Waals surface area (Å²) in [5, 5.41) is 9.32. The van der Waals surface area contributed by atoms with Crippen LogP contribution in [0.25, 0.3) is 12.2 Å². The van der Waals surface area contributed by atoms with Crippen LogP contribution in [0.2, 0.25) is 0 Å². The second-order valence-corrected chi connectivity index (χ2v) is 4.58. The molecule has 0 aromatic heterocycles. The van der Waals surface area contributed by atoms with Gasteiger partial charge in [-0.1, -0.05) is 54.1 Å². The molecule has 0 atom stereocenters. The molecule has 100 valence electrons. The van der Waals surface area contributed by atoms with Gasteiger partial charge in [0.2, 0.25) is 0 Å². The van der Waals surface area contributed by atoms with Gasteiger partial charge in [-0.3, -0.25) is 4.79 Å². The molecule has 0 amide bonds. The lowest BCUT2D eigenvalue weighted by atomic mass is 10.1. The molecule has 1 N–H and O–H groups in total. The Hall–Kier alpha value is -2.61. The second-order valence-electron chi connectivity index (χ2n) is 4.58. The summed E-state index contributed by atoms with van der Waals surface area (Å²) in [7, 11) is 0. The highest BCUT2D eigenvalue weighted by atomic mass is 16.3. The monoisotopic (exact) mass is 264 g/mol. The number of aromatic hydroxyl groups is 1. The Morgan fingerprint density at radius 2 is 1.55 bits per heavy atom. The van der Waals surface area contributed by atoms with Crippen molar-refractivity contribution in [1.82, 2.24) is 0 Å². The minimum atomic E-state index is -0.0881. The summed E-state index contributed by atoms with van der Waals surface area (Å²) in [6.07, 6.45) is 6.50. The average Bonchev–Trinajstić information content (AvgIpc) is 2.43. The standard InChI is InChI=1S/C18H16O2/c1-14-4-2-5-15(12-14)8-10-17(19)11-9-16-6-3-7-18(20)13-16/h2-13,20H,1H3/b10-8+,11-9+. The number of hydrogen-bond donors (Lipinski definition) is 1. The maximum absolute atomic E-state index is 11.7. The van der Waals surface area contributed by atoms with Gasteiger partial charge in [-0.15, -0.1) is 0 Å². The van der Waals surface area contributed by atoms with Crippen LogP contribution in [0.1, 0.15) is 16.7 Å². The van der Waals surface area contributed by atoms with Crippen molar-refractivity contribution in [2.45, 2.75) is 6.92 Å². The van der Waals surface area contributed by atoms with E-state index in [1.807, 2.05) is 37.3 Å². The van der Waals surface area contributed by atoms with Crippen molar-refractivity contribution < 1.29 is 9.90 Å². The van der Waals surface area contributed by atoms with Crippen LogP contribution >= 0.6 is 0 Å². The zero-order valence-electron chi connectivity index (χ0n) is 11.3. The molecule has 0 saturated heterocycles. The maximum Gasteiger partial charge on any atom is 0.178 e. The SMILES string of the molecule is Cc1cccc(/C=C/C(=O)/C=C/c2cccc(O)c2)c1. The van der Waals surface area contributed by atoms with Gasteiger partial charge in [0, 0.05) is 0 Å². The van der Waals surface area contributed by atoms with E-state index in [0.717, 1.165) is 16.7 Å². The van der Waals surface area contributed by atoms with Crippen molar-refractivity contribution in [3.05, 3.63) is 77.4 Å². The molecule has 20 heavy (non-hydrogen) atoms. The third-order valence-corrected chi connectivity index (χ3v) is 2.79. The number of hydrogen-bond acceptors (Lipinski definition) is 2. The minimum absolute atomic E-state index is 0.0881. The molecule has 2 heteroatoms. The van der Waals surface area contributed by atoms with E-state index >= 15 is 0 Å². The molecule has 0 aliphatic heterocycles. The van der Waals surface area contributed by atoms with E-state index in [2.05, 4.69) is 0 Å². The van der Waals surface area contributed by atoms with Crippen LogP contribution in [0.5, 0.6) is 5.75 Å². The van der Waals surface area contributed by atoms with Crippen LogP contribution in [-0.4, -0.2) is 10.9 Å². The first-order chi connectivity index (χ1) is 9.63. The average molecular weight is 264 g/mol. The predicted molar refractivity (Wildman–Crippen MR) is 82.4 cm³/mol. The van der Waals surface area contributed by atoms with Crippen molar-refractivity contribution >= 4 is 17.9 Å². The molecule has 2 aromatic carbocycles. The Morgan fingerprint density at radius 3 is 2.15 bits per heavy atom. The van der Waals surface area contributed by atoms with Crippen molar-refractivity contribution in [3.63, 3.8) is 0 Å². The van der Waals surface area contributed by atoms with Gasteiger partial charge in [0.15, 0.2) is 5.78 Å². The molecule has 2 aromatic rings. The van der Waals surface area contributed by atoms with E-state index < -0.39 is 0 Å². The highest BCUT2D eigenvalue weighted by Gasteiger charge is 1.93. The molecule has 0 spiro atoms. The topological polar surface area (TPSA) is 37.3 Å². The first-order valence-electron chi connectivity index (χ1n) is 6.39. The van der Waals surface area contributed by atoms with Crippen LogP contribution in [0.15, 0.2) is 60.7 Å². The van der Waals surface area contributed by atoms with Gasteiger partial charge in [-0.05, 0) is 42.3 Å². The van der Waals surface area contributed by atoms with Gasteiger partial charge in [-0.25, -0.2) is 0 Å². The third kappa shape index (κ3) is 4.25. The molecule has 0 bridgehead atoms. The first kappa shape index (κ1) is 13.8. The first-order valence-corrected chi connectivity index (χ1v) is 6.39. The molecule has 0 unspecified atom stereocenters. The number of carbonyl (C=O) groups excluding carboxylic acids is 1. The van der Waals surface area contributed by atoms with Gasteiger partial charge in [0.05, 0.1) is 0 Å². The van der Waals surface area contributed by atoms with E-state index in [4.69, 9.17) is 0 Å². The zero-order chi connectivity index (χ0) is 14.4. The fourth-order valence-corrected chi connectivity index (χ4v) is 1.81. The Bertz CT molecular complexity index is 609. The number of aryl methyl sites for hydroxylation is 1. The highest BCUT2D eigenvalue weighted by molar-refractivity contribution is 6.04. The van der Waals surface area contributed by atoms with E-state index in [0.29, 0.717) is 0 Å². The van der Waals surface area contributed by atoms with Gasteiger partial charge in [0.25, 0.3) is 0 Å². The Balaban J connectivity index is 2.02. The molecule has 2 rings (SSSR count). The number of carbonyl (C=O) groups is 1. The summed E-state index contributed by atoms with van der Waals surface area (Å²) in [6, 6.07) is 14.7. The van der Waals surface area contributed by atoms with Gasteiger partial charge in [0.1, 0.15) is 5.75 Å². The van der Waals surface area contributed by atoms with E-state index in [1.165, 1.54) is 12.2 Å². The Kier molecular flexibility index (Phi) is 4.51. The van der Waals surface area contributed by atoms with Crippen LogP contribution in [0.4, 0.5) is 0 Å². The summed E-state index contributed by atoms with van der Waals surface area (Å²) in [4.78, 5) is 11.7. The zero-order valence-corrected chi connectivity index (χ0v) is 11.3. The quantitative estimate of drug-likeness (QED) is 0.847. The van der Waals surface area contributed by atoms with E-state index in [-0.39, 0.29) is 11.5 Å². The summed E-state index contributed by atoms with van der Waals surface area (Å²) in [5.41, 5.74) is 2.96. The summed E-state index contributed by atoms with van der Waals surface area (Å²) >= 11 is 0. The normalized spacial score (nSPS) is 11.2. The molecule has 0 saturated carbocycles. The number of phenolic OH excluding ortho intramolecular Hbond substituents is 1. The smallest absolute Gasteiger partial charge is 0.178 e. The lowest BCUT2D eigenvalue weighted by molar-refractivity contribution is -0.110. The lowest BCUT2D eigenvalue weighted by Gasteiger charge is -1.95. The maximum atomic E-state index is 11.7. The predicted octanol–water partition coefficient (Wildman–Crippen LogP) is 4.00. The number of ketones is 1. The fraction of sp³-hybridized carbons (Fsp3) is 0.0556. The third-order valence-electron chi connectivity index (χ3n) is 2.79. The van der Waals surface area contributed by atoms with Crippen LogP contribution < -0.4 is 0 Å². The summed E-state index contributed by atoms with van der Waals surface area (Å²) < 4.78 is 0. The highest BCUT2D eigenvalue weighted by Crippen LogP contribution is 2.12. The molecule has 0 fully saturated rings.